The molecule has 0 fully saturated rings. The molecule has 6 heteroatoms. The van der Waals surface area contributed by atoms with E-state index >= 15 is 0 Å². The molecule has 0 aliphatic heterocycles. The summed E-state index contributed by atoms with van der Waals surface area (Å²) >= 11 is -0.346. The first-order chi connectivity index (χ1) is 2.41. The summed E-state index contributed by atoms with van der Waals surface area (Å²) in [5.41, 5.74) is 5.75. The molecule has 0 saturated heterocycles. The third-order valence-corrected chi connectivity index (χ3v) is 0. The van der Waals surface area contributed by atoms with E-state index in [0.29, 0.717) is 0 Å². The maximum Gasteiger partial charge on any atom is -0.423 e. The van der Waals surface area contributed by atoms with E-state index in [2.05, 4.69) is 0 Å². The van der Waals surface area contributed by atoms with Gasteiger partial charge in [-0.2, -0.15) is 0 Å². The van der Waals surface area contributed by atoms with Gasteiger partial charge in [-0.05, 0) is 0 Å². The van der Waals surface area contributed by atoms with Crippen LogP contribution in [0, 0.1) is 4.91 Å². The molecule has 0 atom stereocenters. The predicted octanol–water partition coefficient (Wildman–Crippen LogP) is 0.874. The van der Waals surface area contributed by atoms with Gasteiger partial charge in [-0.1, -0.05) is 0 Å². The van der Waals surface area contributed by atoms with Gasteiger partial charge in [0, 0.05) is 0 Å². The number of nitrogens with zero attached hydrogens (tertiary/aromatic N) is 1. The Morgan fingerprint density at radius 1 is 1.33 bits per heavy atom. The van der Waals surface area contributed by atoms with Crippen LogP contribution in [0.3, 0.4) is 0 Å². The summed E-state index contributed by atoms with van der Waals surface area (Å²) in [6, 6.07) is 0. The van der Waals surface area contributed by atoms with E-state index in [1.165, 1.54) is 0 Å². The van der Waals surface area contributed by atoms with Crippen LogP contribution in [0.1, 0.15) is 0 Å². The van der Waals surface area contributed by atoms with Crippen LogP contribution in [-0.2, 0) is 15.1 Å². The first-order valence-electron chi connectivity index (χ1n) is 0.450. The van der Waals surface area contributed by atoms with Gasteiger partial charge < -0.3 is 16.0 Å². The molecule has 0 amide bonds. The van der Waals surface area contributed by atoms with Gasteiger partial charge >= 0.3 is 34.5 Å². The Hall–Kier alpha value is 0.763. The van der Waals surface area contributed by atoms with Crippen molar-refractivity contribution in [2.75, 3.05) is 0 Å². The fourth-order valence-corrected chi connectivity index (χ4v) is 0. The summed E-state index contributed by atoms with van der Waals surface area (Å²) in [7, 11) is 9.71. The minimum Gasteiger partial charge on any atom is -0.577 e. The molecule has 0 radical (unpaired) electrons. The van der Waals surface area contributed by atoms with Crippen molar-refractivity contribution in [1.29, 1.82) is 0 Å². The average molecular weight is 220 g/mol. The number of rotatable bonds is 0. The van der Waals surface area contributed by atoms with Crippen molar-refractivity contribution in [1.82, 2.24) is 0 Å². The standard InChI is InChI=1S/2ClH.NO.H2O.Ru/c;;1-2;;/h2*1H;;1H2;/q;;-1;;+2/p-2. The topological polar surface area (TPSA) is 70.9 Å². The van der Waals surface area contributed by atoms with Crippen LogP contribution in [0.25, 0.3) is 5.59 Å². The van der Waals surface area contributed by atoms with Gasteiger partial charge in [0.1, 0.15) is 0 Å². The second-order valence-corrected chi connectivity index (χ2v) is 2.69. The van der Waals surface area contributed by atoms with Gasteiger partial charge in [-0.3, -0.25) is 0 Å². The van der Waals surface area contributed by atoms with Crippen molar-refractivity contribution < 1.29 is 20.6 Å². The normalized spacial score (nSPS) is 4.33. The van der Waals surface area contributed by atoms with Crippen LogP contribution in [0.4, 0.5) is 0 Å². The smallest absolute Gasteiger partial charge is 0.423 e. The van der Waals surface area contributed by atoms with Crippen LogP contribution in [0.15, 0.2) is 0 Å². The summed E-state index contributed by atoms with van der Waals surface area (Å²) in [5.74, 6) is 0. The summed E-state index contributed by atoms with van der Waals surface area (Å²) in [5, 5.41) is 0. The molecule has 3 nitrogen and oxygen atoms in total. The molecule has 0 rings (SSSR count). The van der Waals surface area contributed by atoms with Gasteiger partial charge in [-0.25, -0.2) is 0 Å². The Morgan fingerprint density at radius 3 is 1.33 bits per heavy atom. The van der Waals surface area contributed by atoms with Gasteiger partial charge in [0.2, 0.25) is 0 Å². The third-order valence-electron chi connectivity index (χ3n) is 0. The molecule has 2 N–H and O–H groups in total. The predicted molar refractivity (Wildman–Crippen MR) is 22.0 cm³/mol. The SMILES string of the molecule is O.[Cl][Ru][Cl].[N-]=O. The monoisotopic (exact) mass is 220 g/mol. The van der Waals surface area contributed by atoms with Crippen LogP contribution >= 0.6 is 19.4 Å². The second-order valence-electron chi connectivity index (χ2n) is 0.0505. The van der Waals surface area contributed by atoms with Crippen LogP contribution in [0.5, 0.6) is 0 Å². The molecule has 0 bridgehead atoms. The van der Waals surface area contributed by atoms with Gasteiger partial charge in [0.15, 0.2) is 0 Å². The van der Waals surface area contributed by atoms with Crippen molar-refractivity contribution in [2.45, 2.75) is 0 Å². The summed E-state index contributed by atoms with van der Waals surface area (Å²) in [4.78, 5) is 7.25. The Kier molecular flexibility index (Phi) is 111. The number of nitroso groups, excluding NO2 is 1. The fraction of sp³-hybridized carbons (Fsp3) is 0. The van der Waals surface area contributed by atoms with Crippen molar-refractivity contribution in [3.05, 3.63) is 10.5 Å². The molecular formula is H2Cl2NO2Ru-. The van der Waals surface area contributed by atoms with Crippen molar-refractivity contribution in [3.8, 4) is 0 Å². The van der Waals surface area contributed by atoms with E-state index in [9.17, 15) is 0 Å². The van der Waals surface area contributed by atoms with Crippen LogP contribution < -0.4 is 0 Å². The molecule has 0 aromatic rings. The Morgan fingerprint density at radius 2 is 1.33 bits per heavy atom. The van der Waals surface area contributed by atoms with E-state index in [4.69, 9.17) is 29.9 Å². The molecule has 0 spiro atoms. The molecule has 0 unspecified atom stereocenters. The molecular weight excluding hydrogens is 218 g/mol. The first kappa shape index (κ1) is 15.9. The van der Waals surface area contributed by atoms with Crippen LogP contribution in [-0.4, -0.2) is 5.48 Å². The second kappa shape index (κ2) is 42.1. The number of hydrogen-bond donors (Lipinski definition) is 0. The quantitative estimate of drug-likeness (QED) is 0.558. The van der Waals surface area contributed by atoms with E-state index in [-0.39, 0.29) is 20.6 Å². The van der Waals surface area contributed by atoms with E-state index in [1.54, 1.807) is 0 Å². The number of hydrogen-bond acceptors (Lipinski definition) is 1. The first-order valence-corrected chi connectivity index (χ1v) is 4.93. The molecule has 0 aromatic carbocycles. The maximum absolute atomic E-state index is 7.25. The Bertz CT molecular complexity index is 15.5. The van der Waals surface area contributed by atoms with E-state index in [0.717, 1.165) is 0 Å². The molecule has 0 aliphatic carbocycles. The number of halogens is 2. The Labute approximate surface area is 50.8 Å². The maximum atomic E-state index is 7.25. The summed E-state index contributed by atoms with van der Waals surface area (Å²) in [6.45, 7) is 0. The van der Waals surface area contributed by atoms with E-state index in [1.807, 2.05) is 0 Å². The zero-order valence-electron chi connectivity index (χ0n) is 2.46. The largest absolute Gasteiger partial charge is 0.577 e. The van der Waals surface area contributed by atoms with Crippen molar-refractivity contribution in [2.24, 2.45) is 0 Å². The molecule has 0 aliphatic rings. The summed E-state index contributed by atoms with van der Waals surface area (Å²) < 4.78 is 0. The van der Waals surface area contributed by atoms with E-state index < -0.39 is 0 Å². The van der Waals surface area contributed by atoms with Crippen molar-refractivity contribution >= 4 is 19.4 Å². The fourth-order valence-electron chi connectivity index (χ4n) is 0. The minimum atomic E-state index is -0.346. The zero-order chi connectivity index (χ0) is 4.71. The van der Waals surface area contributed by atoms with Gasteiger partial charge in [0.25, 0.3) is 0 Å². The zero-order valence-corrected chi connectivity index (χ0v) is 5.71. The minimum absolute atomic E-state index is 0. The Balaban J connectivity index is -0.0000000275. The van der Waals surface area contributed by atoms with Crippen LogP contribution in [0.2, 0.25) is 0 Å². The van der Waals surface area contributed by atoms with Gasteiger partial charge in [-0.15, -0.1) is 0 Å². The average Bonchev–Trinajstić information content (AvgIpc) is 1.46. The summed E-state index contributed by atoms with van der Waals surface area (Å²) in [6.07, 6.45) is 0. The molecule has 42 valence electrons. The van der Waals surface area contributed by atoms with Gasteiger partial charge in [0.05, 0.1) is 0 Å². The van der Waals surface area contributed by atoms with Crippen molar-refractivity contribution in [3.63, 3.8) is 0 Å². The third kappa shape index (κ3) is 116. The molecule has 0 heterocycles. The molecule has 6 heavy (non-hydrogen) atoms. The molecule has 0 aromatic heterocycles. The molecule has 0 saturated carbocycles.